The minimum absolute atomic E-state index is 0.295. The van der Waals surface area contributed by atoms with Crippen LogP contribution >= 0.6 is 0 Å². The molecule has 3 rings (SSSR count). The van der Waals surface area contributed by atoms with E-state index in [0.29, 0.717) is 12.0 Å². The summed E-state index contributed by atoms with van der Waals surface area (Å²) in [4.78, 5) is 10.4. The average molecular weight is 244 g/mol. The summed E-state index contributed by atoms with van der Waals surface area (Å²) >= 11 is 0. The van der Waals surface area contributed by atoms with Gasteiger partial charge < -0.3 is 10.7 Å². The van der Waals surface area contributed by atoms with Crippen molar-refractivity contribution in [3.05, 3.63) is 30.1 Å². The van der Waals surface area contributed by atoms with Crippen molar-refractivity contribution in [2.45, 2.75) is 25.9 Å². The van der Waals surface area contributed by atoms with Crippen molar-refractivity contribution < 1.29 is 0 Å². The molecular formula is C14H20N4. The molecule has 0 bridgehead atoms. The molecule has 1 aliphatic rings. The zero-order valence-corrected chi connectivity index (χ0v) is 10.8. The number of H-pyrrole nitrogens is 1. The van der Waals surface area contributed by atoms with Crippen LogP contribution in [0.25, 0.3) is 11.0 Å². The second kappa shape index (κ2) is 4.71. The monoisotopic (exact) mass is 244 g/mol. The second-order valence-corrected chi connectivity index (χ2v) is 5.37. The molecule has 0 aliphatic carbocycles. The number of hydrogen-bond acceptors (Lipinski definition) is 3. The van der Waals surface area contributed by atoms with Gasteiger partial charge >= 0.3 is 0 Å². The van der Waals surface area contributed by atoms with Crippen LogP contribution in [0.4, 0.5) is 0 Å². The first-order valence-electron chi connectivity index (χ1n) is 6.64. The van der Waals surface area contributed by atoms with Crippen molar-refractivity contribution >= 4 is 11.0 Å². The van der Waals surface area contributed by atoms with Crippen molar-refractivity contribution in [3.63, 3.8) is 0 Å². The SMILES string of the molecule is CC1CCN(Cc2nc3ccccc3[nH]2)CC1N. The second-order valence-electron chi connectivity index (χ2n) is 5.37. The summed E-state index contributed by atoms with van der Waals surface area (Å²) < 4.78 is 0. The fourth-order valence-electron chi connectivity index (χ4n) is 2.61. The molecule has 4 heteroatoms. The van der Waals surface area contributed by atoms with E-state index in [1.54, 1.807) is 0 Å². The van der Waals surface area contributed by atoms with Crippen LogP contribution in [-0.4, -0.2) is 34.0 Å². The molecular weight excluding hydrogens is 224 g/mol. The summed E-state index contributed by atoms with van der Waals surface area (Å²) in [5.74, 6) is 1.68. The summed E-state index contributed by atoms with van der Waals surface area (Å²) in [5.41, 5.74) is 8.28. The maximum atomic E-state index is 6.13. The third kappa shape index (κ3) is 2.26. The average Bonchev–Trinajstić information content (AvgIpc) is 2.76. The molecule has 1 aliphatic heterocycles. The van der Waals surface area contributed by atoms with E-state index >= 15 is 0 Å². The molecule has 1 saturated heterocycles. The number of nitrogens with two attached hydrogens (primary N) is 1. The number of fused-ring (bicyclic) bond motifs is 1. The number of benzene rings is 1. The number of imidazole rings is 1. The van der Waals surface area contributed by atoms with Gasteiger partial charge in [-0.2, -0.15) is 0 Å². The number of hydrogen-bond donors (Lipinski definition) is 2. The molecule has 0 amide bonds. The normalized spacial score (nSPS) is 25.7. The summed E-state index contributed by atoms with van der Waals surface area (Å²) in [5, 5.41) is 0. The maximum absolute atomic E-state index is 6.13. The molecule has 3 N–H and O–H groups in total. The van der Waals surface area contributed by atoms with Crippen LogP contribution < -0.4 is 5.73 Å². The summed E-state index contributed by atoms with van der Waals surface area (Å²) in [6.07, 6.45) is 1.18. The number of nitrogens with zero attached hydrogens (tertiary/aromatic N) is 2. The minimum atomic E-state index is 0.295. The topological polar surface area (TPSA) is 57.9 Å². The first-order chi connectivity index (χ1) is 8.72. The minimum Gasteiger partial charge on any atom is -0.341 e. The fourth-order valence-corrected chi connectivity index (χ4v) is 2.61. The van der Waals surface area contributed by atoms with Gasteiger partial charge in [0.15, 0.2) is 0 Å². The molecule has 1 fully saturated rings. The number of rotatable bonds is 2. The van der Waals surface area contributed by atoms with Crippen LogP contribution in [0, 0.1) is 5.92 Å². The van der Waals surface area contributed by atoms with E-state index in [4.69, 9.17) is 5.73 Å². The largest absolute Gasteiger partial charge is 0.341 e. The molecule has 2 unspecified atom stereocenters. The van der Waals surface area contributed by atoms with Crippen molar-refractivity contribution in [3.8, 4) is 0 Å². The zero-order chi connectivity index (χ0) is 12.5. The number of para-hydroxylation sites is 2. The first-order valence-corrected chi connectivity index (χ1v) is 6.64. The smallest absolute Gasteiger partial charge is 0.121 e. The van der Waals surface area contributed by atoms with Crippen molar-refractivity contribution in [1.82, 2.24) is 14.9 Å². The number of likely N-dealkylation sites (tertiary alicyclic amines) is 1. The van der Waals surface area contributed by atoms with E-state index in [2.05, 4.69) is 27.9 Å². The van der Waals surface area contributed by atoms with E-state index < -0.39 is 0 Å². The van der Waals surface area contributed by atoms with Gasteiger partial charge in [-0.15, -0.1) is 0 Å². The molecule has 1 aromatic heterocycles. The highest BCUT2D eigenvalue weighted by Gasteiger charge is 2.23. The van der Waals surface area contributed by atoms with Crippen LogP contribution in [0.2, 0.25) is 0 Å². The van der Waals surface area contributed by atoms with Crippen LogP contribution in [-0.2, 0) is 6.54 Å². The van der Waals surface area contributed by atoms with E-state index in [1.807, 2.05) is 18.2 Å². The molecule has 4 nitrogen and oxygen atoms in total. The predicted octanol–water partition coefficient (Wildman–Crippen LogP) is 1.73. The summed E-state index contributed by atoms with van der Waals surface area (Å²) in [6, 6.07) is 8.45. The highest BCUT2D eigenvalue weighted by Crippen LogP contribution is 2.18. The highest BCUT2D eigenvalue weighted by molar-refractivity contribution is 5.74. The standard InChI is InChI=1S/C14H20N4/c1-10-6-7-18(8-11(10)15)9-14-16-12-4-2-3-5-13(12)17-14/h2-5,10-11H,6-9,15H2,1H3,(H,16,17). The van der Waals surface area contributed by atoms with Gasteiger partial charge in [0, 0.05) is 12.6 Å². The van der Waals surface area contributed by atoms with E-state index in [9.17, 15) is 0 Å². The Labute approximate surface area is 107 Å². The number of piperidine rings is 1. The van der Waals surface area contributed by atoms with Gasteiger partial charge in [-0.05, 0) is 31.0 Å². The summed E-state index contributed by atoms with van der Waals surface area (Å²) in [7, 11) is 0. The lowest BCUT2D eigenvalue weighted by atomic mass is 9.94. The Kier molecular flexibility index (Phi) is 3.06. The van der Waals surface area contributed by atoms with Gasteiger partial charge in [0.05, 0.1) is 17.6 Å². The van der Waals surface area contributed by atoms with E-state index in [1.165, 1.54) is 6.42 Å². The van der Waals surface area contributed by atoms with Gasteiger partial charge in [-0.25, -0.2) is 4.98 Å². The lowest BCUT2D eigenvalue weighted by molar-refractivity contribution is 0.159. The summed E-state index contributed by atoms with van der Waals surface area (Å²) in [6.45, 7) is 5.20. The highest BCUT2D eigenvalue weighted by atomic mass is 15.2. The number of nitrogens with one attached hydrogen (secondary N) is 1. The lowest BCUT2D eigenvalue weighted by Crippen LogP contribution is -2.47. The molecule has 18 heavy (non-hydrogen) atoms. The zero-order valence-electron chi connectivity index (χ0n) is 10.8. The van der Waals surface area contributed by atoms with Gasteiger partial charge in [0.25, 0.3) is 0 Å². The number of aromatic nitrogens is 2. The van der Waals surface area contributed by atoms with E-state index in [0.717, 1.165) is 36.5 Å². The molecule has 2 atom stereocenters. The number of aromatic amines is 1. The van der Waals surface area contributed by atoms with Crippen LogP contribution in [0.5, 0.6) is 0 Å². The molecule has 2 aromatic rings. The third-order valence-corrected chi connectivity index (χ3v) is 3.91. The molecule has 2 heterocycles. The third-order valence-electron chi connectivity index (χ3n) is 3.91. The van der Waals surface area contributed by atoms with Gasteiger partial charge in [0.1, 0.15) is 5.82 Å². The first kappa shape index (κ1) is 11.7. The molecule has 96 valence electrons. The molecule has 1 aromatic carbocycles. The lowest BCUT2D eigenvalue weighted by Gasteiger charge is -2.34. The quantitative estimate of drug-likeness (QED) is 0.846. The predicted molar refractivity (Wildman–Crippen MR) is 73.1 cm³/mol. The van der Waals surface area contributed by atoms with Crippen molar-refractivity contribution in [2.75, 3.05) is 13.1 Å². The Bertz CT molecular complexity index is 500. The van der Waals surface area contributed by atoms with E-state index in [-0.39, 0.29) is 0 Å². The van der Waals surface area contributed by atoms with Crippen molar-refractivity contribution in [1.29, 1.82) is 0 Å². The Morgan fingerprint density at radius 1 is 1.44 bits per heavy atom. The van der Waals surface area contributed by atoms with Gasteiger partial charge in [-0.3, -0.25) is 4.90 Å². The van der Waals surface area contributed by atoms with Crippen LogP contribution in [0.3, 0.4) is 0 Å². The maximum Gasteiger partial charge on any atom is 0.121 e. The van der Waals surface area contributed by atoms with Gasteiger partial charge in [-0.1, -0.05) is 19.1 Å². The van der Waals surface area contributed by atoms with Crippen molar-refractivity contribution in [2.24, 2.45) is 11.7 Å². The van der Waals surface area contributed by atoms with Gasteiger partial charge in [0.2, 0.25) is 0 Å². The molecule has 0 radical (unpaired) electrons. The Balaban J connectivity index is 1.72. The fraction of sp³-hybridized carbons (Fsp3) is 0.500. The van der Waals surface area contributed by atoms with Crippen LogP contribution in [0.1, 0.15) is 19.2 Å². The Hall–Kier alpha value is -1.39. The van der Waals surface area contributed by atoms with Crippen LogP contribution in [0.15, 0.2) is 24.3 Å². The molecule has 0 spiro atoms. The Morgan fingerprint density at radius 2 is 2.28 bits per heavy atom. The Morgan fingerprint density at radius 3 is 3.06 bits per heavy atom. The molecule has 0 saturated carbocycles.